The first-order valence-electron chi connectivity index (χ1n) is 7.75. The fourth-order valence-corrected chi connectivity index (χ4v) is 3.23. The molecule has 4 heteroatoms. The van der Waals surface area contributed by atoms with E-state index in [4.69, 9.17) is 4.74 Å². The number of piperidine rings is 1. The Labute approximate surface area is 116 Å². The Kier molecular flexibility index (Phi) is 5.64. The second-order valence-corrected chi connectivity index (χ2v) is 6.34. The lowest BCUT2D eigenvalue weighted by molar-refractivity contribution is -0.119. The number of nitrogens with zero attached hydrogens (tertiary/aromatic N) is 1. The summed E-state index contributed by atoms with van der Waals surface area (Å²) in [5.74, 6) is 1.35. The van der Waals surface area contributed by atoms with Crippen molar-refractivity contribution in [2.75, 3.05) is 32.8 Å². The molecule has 2 fully saturated rings. The van der Waals surface area contributed by atoms with Crippen molar-refractivity contribution < 1.29 is 9.53 Å². The summed E-state index contributed by atoms with van der Waals surface area (Å²) in [6.45, 7) is 9.08. The number of carbonyl (C=O) groups excluding carboxylic acids is 1. The second-order valence-electron chi connectivity index (χ2n) is 6.34. The molecule has 2 heterocycles. The highest BCUT2D eigenvalue weighted by molar-refractivity contribution is 5.78. The zero-order valence-electron chi connectivity index (χ0n) is 12.4. The third kappa shape index (κ3) is 4.46. The molecule has 1 amide bonds. The predicted molar refractivity (Wildman–Crippen MR) is 76.0 cm³/mol. The van der Waals surface area contributed by atoms with Gasteiger partial charge < -0.3 is 10.1 Å². The van der Waals surface area contributed by atoms with E-state index in [9.17, 15) is 4.79 Å². The molecule has 2 aliphatic rings. The third-order valence-electron chi connectivity index (χ3n) is 4.19. The van der Waals surface area contributed by atoms with Crippen molar-refractivity contribution in [1.82, 2.24) is 10.2 Å². The number of likely N-dealkylation sites (tertiary alicyclic amines) is 1. The summed E-state index contributed by atoms with van der Waals surface area (Å²) < 4.78 is 5.71. The van der Waals surface area contributed by atoms with Crippen molar-refractivity contribution in [2.24, 2.45) is 11.8 Å². The average Bonchev–Trinajstić information content (AvgIpc) is 2.81. The van der Waals surface area contributed by atoms with Crippen molar-refractivity contribution in [1.29, 1.82) is 0 Å². The van der Waals surface area contributed by atoms with E-state index in [1.165, 1.54) is 25.8 Å². The van der Waals surface area contributed by atoms with Crippen LogP contribution in [0, 0.1) is 11.8 Å². The lowest BCUT2D eigenvalue weighted by Gasteiger charge is -2.38. The van der Waals surface area contributed by atoms with E-state index < -0.39 is 0 Å². The average molecular weight is 268 g/mol. The van der Waals surface area contributed by atoms with Crippen LogP contribution in [-0.4, -0.2) is 49.7 Å². The molecular weight excluding hydrogens is 240 g/mol. The van der Waals surface area contributed by atoms with Crippen LogP contribution in [0.25, 0.3) is 0 Å². The van der Waals surface area contributed by atoms with E-state index in [1.54, 1.807) is 0 Å². The monoisotopic (exact) mass is 268 g/mol. The molecule has 110 valence electrons. The van der Waals surface area contributed by atoms with Gasteiger partial charge in [0.25, 0.3) is 0 Å². The van der Waals surface area contributed by atoms with Gasteiger partial charge in [-0.1, -0.05) is 20.3 Å². The molecule has 1 N–H and O–H groups in total. The van der Waals surface area contributed by atoms with Crippen molar-refractivity contribution in [3.63, 3.8) is 0 Å². The van der Waals surface area contributed by atoms with E-state index in [0.29, 0.717) is 24.3 Å². The molecule has 0 aromatic rings. The molecular formula is C15H28N2O2. The molecule has 0 radical (unpaired) electrons. The van der Waals surface area contributed by atoms with Crippen molar-refractivity contribution in [3.8, 4) is 0 Å². The van der Waals surface area contributed by atoms with Crippen LogP contribution in [0.1, 0.15) is 39.5 Å². The number of hydrogen-bond acceptors (Lipinski definition) is 3. The van der Waals surface area contributed by atoms with Gasteiger partial charge in [0.05, 0.1) is 6.61 Å². The minimum Gasteiger partial charge on any atom is -0.380 e. The Morgan fingerprint density at radius 2 is 2.26 bits per heavy atom. The lowest BCUT2D eigenvalue weighted by atomic mass is 9.89. The number of nitrogens with one attached hydrogen (secondary N) is 1. The van der Waals surface area contributed by atoms with Gasteiger partial charge in [-0.05, 0) is 25.3 Å². The highest BCUT2D eigenvalue weighted by Crippen LogP contribution is 2.27. The van der Waals surface area contributed by atoms with E-state index in [2.05, 4.69) is 24.1 Å². The molecule has 0 aromatic heterocycles. The van der Waals surface area contributed by atoms with E-state index in [1.807, 2.05) is 0 Å². The largest absolute Gasteiger partial charge is 0.380 e. The predicted octanol–water partition coefficient (Wildman–Crippen LogP) is 1.65. The fraction of sp³-hybridized carbons (Fsp3) is 0.933. The van der Waals surface area contributed by atoms with Crippen LogP contribution >= 0.6 is 0 Å². The smallest absolute Gasteiger partial charge is 0.220 e. The standard InChI is InChI=1S/C15H28N2O2/c1-12(2)11-19-8-7-17-6-4-3-5-14(17)13-9-15(18)16-10-13/h12-14H,3-11H2,1-2H3,(H,16,18)/t13-,14+/m0/s1. The summed E-state index contributed by atoms with van der Waals surface area (Å²) in [7, 11) is 0. The molecule has 2 atom stereocenters. The van der Waals surface area contributed by atoms with Crippen molar-refractivity contribution in [2.45, 2.75) is 45.6 Å². The summed E-state index contributed by atoms with van der Waals surface area (Å²) in [6, 6.07) is 0.579. The fourth-order valence-electron chi connectivity index (χ4n) is 3.23. The summed E-state index contributed by atoms with van der Waals surface area (Å²) in [5.41, 5.74) is 0. The molecule has 0 aliphatic carbocycles. The maximum Gasteiger partial charge on any atom is 0.220 e. The summed E-state index contributed by atoms with van der Waals surface area (Å²) >= 11 is 0. The van der Waals surface area contributed by atoms with Crippen LogP contribution < -0.4 is 5.32 Å². The third-order valence-corrected chi connectivity index (χ3v) is 4.19. The van der Waals surface area contributed by atoms with Gasteiger partial charge in [-0.15, -0.1) is 0 Å². The zero-order valence-corrected chi connectivity index (χ0v) is 12.4. The molecule has 2 saturated heterocycles. The first-order valence-corrected chi connectivity index (χ1v) is 7.75. The zero-order chi connectivity index (χ0) is 13.7. The van der Waals surface area contributed by atoms with E-state index in [0.717, 1.165) is 26.3 Å². The minimum atomic E-state index is 0.228. The molecule has 2 aliphatic heterocycles. The van der Waals surface area contributed by atoms with Gasteiger partial charge in [0, 0.05) is 38.1 Å². The Bertz CT molecular complexity index is 294. The van der Waals surface area contributed by atoms with Gasteiger partial charge >= 0.3 is 0 Å². The van der Waals surface area contributed by atoms with Crippen LogP contribution in [0.5, 0.6) is 0 Å². The normalized spacial score (nSPS) is 28.9. The molecule has 0 unspecified atom stereocenters. The first kappa shape index (κ1) is 14.8. The molecule has 0 bridgehead atoms. The van der Waals surface area contributed by atoms with Crippen molar-refractivity contribution >= 4 is 5.91 Å². The van der Waals surface area contributed by atoms with Crippen LogP contribution in [0.3, 0.4) is 0 Å². The van der Waals surface area contributed by atoms with E-state index in [-0.39, 0.29) is 5.91 Å². The van der Waals surface area contributed by atoms with Gasteiger partial charge in [-0.25, -0.2) is 0 Å². The van der Waals surface area contributed by atoms with Gasteiger partial charge in [-0.3, -0.25) is 9.69 Å². The Balaban J connectivity index is 1.77. The maximum absolute atomic E-state index is 11.4. The molecule has 19 heavy (non-hydrogen) atoms. The molecule has 2 rings (SSSR count). The highest BCUT2D eigenvalue weighted by Gasteiger charge is 2.34. The Morgan fingerprint density at radius 1 is 1.42 bits per heavy atom. The molecule has 0 spiro atoms. The molecule has 4 nitrogen and oxygen atoms in total. The molecule has 0 aromatic carbocycles. The van der Waals surface area contributed by atoms with Crippen LogP contribution in [0.4, 0.5) is 0 Å². The van der Waals surface area contributed by atoms with Gasteiger partial charge in [-0.2, -0.15) is 0 Å². The number of amides is 1. The highest BCUT2D eigenvalue weighted by atomic mass is 16.5. The van der Waals surface area contributed by atoms with Crippen LogP contribution in [0.15, 0.2) is 0 Å². The summed E-state index contributed by atoms with van der Waals surface area (Å²) in [4.78, 5) is 13.9. The summed E-state index contributed by atoms with van der Waals surface area (Å²) in [5, 5.41) is 2.97. The first-order chi connectivity index (χ1) is 9.16. The number of carbonyl (C=O) groups is 1. The van der Waals surface area contributed by atoms with Gasteiger partial charge in [0.2, 0.25) is 5.91 Å². The Morgan fingerprint density at radius 3 is 2.95 bits per heavy atom. The minimum absolute atomic E-state index is 0.228. The summed E-state index contributed by atoms with van der Waals surface area (Å²) in [6.07, 6.45) is 4.55. The quantitative estimate of drug-likeness (QED) is 0.745. The number of rotatable bonds is 6. The molecule has 0 saturated carbocycles. The van der Waals surface area contributed by atoms with Crippen LogP contribution in [0.2, 0.25) is 0 Å². The van der Waals surface area contributed by atoms with Gasteiger partial charge in [0.15, 0.2) is 0 Å². The van der Waals surface area contributed by atoms with E-state index >= 15 is 0 Å². The van der Waals surface area contributed by atoms with Crippen molar-refractivity contribution in [3.05, 3.63) is 0 Å². The van der Waals surface area contributed by atoms with Gasteiger partial charge in [0.1, 0.15) is 0 Å². The Hall–Kier alpha value is -0.610. The topological polar surface area (TPSA) is 41.6 Å². The number of hydrogen-bond donors (Lipinski definition) is 1. The van der Waals surface area contributed by atoms with Crippen LogP contribution in [-0.2, 0) is 9.53 Å². The SMILES string of the molecule is CC(C)COCCN1CCCC[C@@H]1[C@@H]1CNC(=O)C1. The number of ether oxygens (including phenoxy) is 1. The second kappa shape index (κ2) is 7.25. The lowest BCUT2D eigenvalue weighted by Crippen LogP contribution is -2.46. The maximum atomic E-state index is 11.4.